The molecular formula is C24H21N7O5. The summed E-state index contributed by atoms with van der Waals surface area (Å²) in [6.45, 7) is 2.42. The molecule has 3 aromatic heterocycles. The molecule has 12 heteroatoms. The summed E-state index contributed by atoms with van der Waals surface area (Å²) in [5, 5.41) is 27.6. The quantitative estimate of drug-likeness (QED) is 0.235. The Morgan fingerprint density at radius 1 is 1.25 bits per heavy atom. The van der Waals surface area contributed by atoms with E-state index in [-0.39, 0.29) is 18.3 Å². The highest BCUT2D eigenvalue weighted by molar-refractivity contribution is 6.09. The number of hydrogen-bond acceptors (Lipinski definition) is 9. The Morgan fingerprint density at radius 3 is 2.81 bits per heavy atom. The van der Waals surface area contributed by atoms with Gasteiger partial charge in [0.15, 0.2) is 5.88 Å². The number of benzene rings is 1. The third-order valence-corrected chi connectivity index (χ3v) is 5.57. The molecule has 1 aliphatic heterocycles. The van der Waals surface area contributed by atoms with Crippen LogP contribution in [0.15, 0.2) is 47.1 Å². The van der Waals surface area contributed by atoms with Crippen LogP contribution in [0.3, 0.4) is 0 Å². The molecule has 0 unspecified atom stereocenters. The molecule has 0 bridgehead atoms. The van der Waals surface area contributed by atoms with Gasteiger partial charge < -0.3 is 29.5 Å². The number of carbonyl (C=O) groups is 2. The van der Waals surface area contributed by atoms with E-state index in [9.17, 15) is 14.7 Å². The third kappa shape index (κ3) is 4.14. The number of methoxy groups -OCH3 is 1. The first kappa shape index (κ1) is 22.7. The number of hydrogen-bond donors (Lipinski definition) is 4. The number of fused-ring (bicyclic) bond motifs is 1. The number of ether oxygens (including phenoxy) is 1. The van der Waals surface area contributed by atoms with Crippen molar-refractivity contribution >= 4 is 28.7 Å². The van der Waals surface area contributed by atoms with Gasteiger partial charge in [0.25, 0.3) is 11.8 Å². The minimum atomic E-state index is -1.61. The number of pyridine rings is 1. The Kier molecular flexibility index (Phi) is 5.65. The Bertz CT molecular complexity index is 1530. The van der Waals surface area contributed by atoms with Gasteiger partial charge in [0.1, 0.15) is 11.4 Å². The minimum absolute atomic E-state index is 0.0819. The molecule has 4 heterocycles. The summed E-state index contributed by atoms with van der Waals surface area (Å²) in [6.07, 6.45) is 3.17. The van der Waals surface area contributed by atoms with Crippen LogP contribution in [0, 0.1) is 11.8 Å². The molecular weight excluding hydrogens is 466 g/mol. The second-order valence-electron chi connectivity index (χ2n) is 7.97. The first-order chi connectivity index (χ1) is 17.4. The zero-order chi connectivity index (χ0) is 25.3. The molecule has 0 spiro atoms. The van der Waals surface area contributed by atoms with Crippen LogP contribution in [0.2, 0.25) is 0 Å². The van der Waals surface area contributed by atoms with Crippen molar-refractivity contribution in [3.63, 3.8) is 0 Å². The lowest BCUT2D eigenvalue weighted by Crippen LogP contribution is -2.49. The van der Waals surface area contributed by atoms with Gasteiger partial charge in [-0.05, 0) is 37.3 Å². The van der Waals surface area contributed by atoms with Crippen molar-refractivity contribution < 1.29 is 23.8 Å². The van der Waals surface area contributed by atoms with Crippen molar-refractivity contribution in [3.8, 4) is 35.1 Å². The first-order valence-corrected chi connectivity index (χ1v) is 11.0. The molecule has 1 aromatic carbocycles. The molecule has 1 aliphatic rings. The molecule has 5 rings (SSSR count). The highest BCUT2D eigenvalue weighted by Gasteiger charge is 2.46. The van der Waals surface area contributed by atoms with Gasteiger partial charge in [-0.25, -0.2) is 9.78 Å². The Hall–Kier alpha value is -5.05. The number of carbonyl (C=O) groups excluding carboxylic acids is 2. The third-order valence-electron chi connectivity index (χ3n) is 5.57. The molecule has 12 nitrogen and oxygen atoms in total. The average molecular weight is 487 g/mol. The maximum Gasteiger partial charge on any atom is 0.323 e. The van der Waals surface area contributed by atoms with E-state index in [2.05, 4.69) is 43.0 Å². The van der Waals surface area contributed by atoms with E-state index in [0.717, 1.165) is 5.39 Å². The SMILES string of the molecule is CCNc1nnc(-c2ccc(C#C[C@]3(Cn4cc5ccc(OC)cc5c4O)NC(=O)NC3=O)cn2)o1. The molecule has 3 amide bonds. The number of imide groups is 1. The molecule has 1 fully saturated rings. The van der Waals surface area contributed by atoms with Crippen molar-refractivity contribution in [2.45, 2.75) is 19.0 Å². The summed E-state index contributed by atoms with van der Waals surface area (Å²) in [4.78, 5) is 29.1. The van der Waals surface area contributed by atoms with E-state index < -0.39 is 17.5 Å². The fourth-order valence-corrected chi connectivity index (χ4v) is 3.78. The second kappa shape index (κ2) is 8.95. The summed E-state index contributed by atoms with van der Waals surface area (Å²) in [5.41, 5.74) is -0.664. The van der Waals surface area contributed by atoms with Gasteiger partial charge in [-0.15, -0.1) is 5.10 Å². The number of aromatic nitrogens is 4. The van der Waals surface area contributed by atoms with Crippen LogP contribution in [0.25, 0.3) is 22.4 Å². The zero-order valence-electron chi connectivity index (χ0n) is 19.3. The molecule has 4 aromatic rings. The fraction of sp³-hybridized carbons (Fsp3) is 0.208. The largest absolute Gasteiger partial charge is 0.497 e. The van der Waals surface area contributed by atoms with Gasteiger partial charge >= 0.3 is 12.0 Å². The van der Waals surface area contributed by atoms with E-state index in [1.807, 2.05) is 6.92 Å². The van der Waals surface area contributed by atoms with E-state index in [1.54, 1.807) is 36.5 Å². The van der Waals surface area contributed by atoms with Crippen LogP contribution in [-0.4, -0.2) is 56.0 Å². The van der Waals surface area contributed by atoms with Crippen molar-refractivity contribution in [2.24, 2.45) is 0 Å². The van der Waals surface area contributed by atoms with Crippen LogP contribution >= 0.6 is 0 Å². The van der Waals surface area contributed by atoms with Crippen LogP contribution in [0.1, 0.15) is 12.5 Å². The topological polar surface area (TPSA) is 156 Å². The van der Waals surface area contributed by atoms with E-state index in [4.69, 9.17) is 9.15 Å². The molecule has 0 saturated carbocycles. The molecule has 182 valence electrons. The van der Waals surface area contributed by atoms with Crippen LogP contribution in [0.5, 0.6) is 11.6 Å². The summed E-state index contributed by atoms with van der Waals surface area (Å²) in [6, 6.07) is 8.19. The van der Waals surface area contributed by atoms with E-state index >= 15 is 0 Å². The molecule has 36 heavy (non-hydrogen) atoms. The van der Waals surface area contributed by atoms with Crippen molar-refractivity contribution in [1.82, 2.24) is 30.4 Å². The predicted octanol–water partition coefficient (Wildman–Crippen LogP) is 1.86. The summed E-state index contributed by atoms with van der Waals surface area (Å²) < 4.78 is 12.2. The maximum atomic E-state index is 12.8. The molecule has 0 aliphatic carbocycles. The van der Waals surface area contributed by atoms with Crippen molar-refractivity contribution in [1.29, 1.82) is 0 Å². The Balaban J connectivity index is 1.44. The molecule has 0 radical (unpaired) electrons. The minimum Gasteiger partial charge on any atom is -0.497 e. The number of anilines is 1. The van der Waals surface area contributed by atoms with Crippen molar-refractivity contribution in [3.05, 3.63) is 48.3 Å². The number of nitrogens with zero attached hydrogens (tertiary/aromatic N) is 4. The average Bonchev–Trinajstić information content (AvgIpc) is 3.55. The number of aromatic hydroxyl groups is 1. The van der Waals surface area contributed by atoms with Crippen LogP contribution < -0.4 is 20.7 Å². The van der Waals surface area contributed by atoms with Gasteiger partial charge in [0, 0.05) is 35.3 Å². The lowest BCUT2D eigenvalue weighted by atomic mass is 10.00. The van der Waals surface area contributed by atoms with Gasteiger partial charge in [-0.2, -0.15) is 0 Å². The zero-order valence-corrected chi connectivity index (χ0v) is 19.3. The fourth-order valence-electron chi connectivity index (χ4n) is 3.78. The first-order valence-electron chi connectivity index (χ1n) is 11.0. The predicted molar refractivity (Wildman–Crippen MR) is 128 cm³/mol. The maximum absolute atomic E-state index is 12.8. The normalized spacial score (nSPS) is 16.8. The number of rotatable bonds is 6. The Labute approximate surface area is 204 Å². The molecule has 4 N–H and O–H groups in total. The monoisotopic (exact) mass is 487 g/mol. The highest BCUT2D eigenvalue weighted by Crippen LogP contribution is 2.32. The van der Waals surface area contributed by atoms with E-state index in [1.165, 1.54) is 17.9 Å². The summed E-state index contributed by atoms with van der Waals surface area (Å²) >= 11 is 0. The number of amides is 3. The lowest BCUT2D eigenvalue weighted by Gasteiger charge is -2.20. The van der Waals surface area contributed by atoms with Crippen LogP contribution in [-0.2, 0) is 11.3 Å². The van der Waals surface area contributed by atoms with Crippen molar-refractivity contribution in [2.75, 3.05) is 19.0 Å². The van der Waals surface area contributed by atoms with Gasteiger partial charge in [0.05, 0.1) is 13.7 Å². The van der Waals surface area contributed by atoms with Gasteiger partial charge in [0.2, 0.25) is 5.54 Å². The smallest absolute Gasteiger partial charge is 0.323 e. The molecule has 1 saturated heterocycles. The molecule has 1 atom stereocenters. The van der Waals surface area contributed by atoms with Gasteiger partial charge in [-0.3, -0.25) is 10.1 Å². The van der Waals surface area contributed by atoms with Gasteiger partial charge in [-0.1, -0.05) is 16.9 Å². The Morgan fingerprint density at radius 2 is 2.11 bits per heavy atom. The lowest BCUT2D eigenvalue weighted by molar-refractivity contribution is -0.122. The van der Waals surface area contributed by atoms with E-state index in [0.29, 0.717) is 35.0 Å². The number of nitrogens with one attached hydrogen (secondary N) is 3. The number of urea groups is 1. The van der Waals surface area contributed by atoms with Crippen LogP contribution in [0.4, 0.5) is 10.8 Å². The standard InChI is InChI=1S/C24H21N7O5/c1-3-25-23-30-29-19(36-23)18-7-4-14(11-26-18)8-9-24(21(33)27-22(34)28-24)13-31-12-15-5-6-16(35-2)10-17(15)20(31)32/h4-7,10-12,32H,3,13H2,1-2H3,(H,25,30)(H2,27,28,33,34)/t24-/m1/s1. The summed E-state index contributed by atoms with van der Waals surface area (Å²) in [7, 11) is 1.53. The second-order valence-corrected chi connectivity index (χ2v) is 7.97. The summed E-state index contributed by atoms with van der Waals surface area (Å²) in [5.74, 6) is 5.87. The highest BCUT2D eigenvalue weighted by atomic mass is 16.5.